The van der Waals surface area contributed by atoms with Crippen molar-refractivity contribution in [3.63, 3.8) is 0 Å². The number of amides is 1. The molecular weight excluding hydrogens is 356 g/mol. The molecule has 3 aromatic rings. The number of rotatable bonds is 5. The molecule has 1 amide bonds. The second-order valence-electron chi connectivity index (χ2n) is 5.69. The van der Waals surface area contributed by atoms with Gasteiger partial charge in [-0.15, -0.1) is 0 Å². The van der Waals surface area contributed by atoms with Crippen LogP contribution in [-0.4, -0.2) is 22.8 Å². The van der Waals surface area contributed by atoms with E-state index in [-0.39, 0.29) is 23.9 Å². The minimum atomic E-state index is -0.462. The maximum atomic E-state index is 12.6. The van der Waals surface area contributed by atoms with E-state index in [0.717, 1.165) is 0 Å². The van der Waals surface area contributed by atoms with Gasteiger partial charge in [-0.2, -0.15) is 0 Å². The van der Waals surface area contributed by atoms with Crippen LogP contribution in [0, 0.1) is 10.1 Å². The first-order valence-corrected chi connectivity index (χ1v) is 8.17. The Morgan fingerprint density at radius 1 is 1.12 bits per heavy atom. The van der Waals surface area contributed by atoms with Crippen LogP contribution in [0.5, 0.6) is 0 Å². The van der Waals surface area contributed by atoms with E-state index >= 15 is 0 Å². The van der Waals surface area contributed by atoms with Crippen molar-refractivity contribution in [1.29, 1.82) is 0 Å². The molecule has 2 aromatic carbocycles. The Morgan fingerprint density at radius 3 is 2.54 bits per heavy atom. The zero-order valence-corrected chi connectivity index (χ0v) is 14.6. The molecule has 6 nitrogen and oxygen atoms in total. The molecule has 0 fully saturated rings. The van der Waals surface area contributed by atoms with Crippen molar-refractivity contribution in [1.82, 2.24) is 4.90 Å². The number of para-hydroxylation sites is 1. The molecule has 0 radical (unpaired) electrons. The first kappa shape index (κ1) is 17.7. The molecule has 3 rings (SSSR count). The van der Waals surface area contributed by atoms with Crippen molar-refractivity contribution >= 4 is 23.2 Å². The lowest BCUT2D eigenvalue weighted by molar-refractivity contribution is -0.385. The molecule has 0 N–H and O–H groups in total. The van der Waals surface area contributed by atoms with E-state index in [0.29, 0.717) is 21.9 Å². The van der Waals surface area contributed by atoms with E-state index in [1.54, 1.807) is 55.6 Å². The van der Waals surface area contributed by atoms with Crippen LogP contribution < -0.4 is 0 Å². The molecule has 0 aliphatic carbocycles. The summed E-state index contributed by atoms with van der Waals surface area (Å²) in [6.45, 7) is 0.0954. The number of nitro groups is 1. The van der Waals surface area contributed by atoms with Gasteiger partial charge in [0.05, 0.1) is 16.5 Å². The average molecular weight is 371 g/mol. The predicted molar refractivity (Wildman–Crippen MR) is 98.0 cm³/mol. The van der Waals surface area contributed by atoms with Crippen molar-refractivity contribution in [2.45, 2.75) is 6.54 Å². The zero-order valence-electron chi connectivity index (χ0n) is 13.9. The van der Waals surface area contributed by atoms with Crippen LogP contribution in [0.2, 0.25) is 5.02 Å². The number of carbonyl (C=O) groups is 1. The van der Waals surface area contributed by atoms with Crippen LogP contribution in [0.4, 0.5) is 5.69 Å². The Bertz CT molecular complexity index is 967. The van der Waals surface area contributed by atoms with Crippen LogP contribution in [0.25, 0.3) is 11.3 Å². The van der Waals surface area contributed by atoms with Gasteiger partial charge in [0.15, 0.2) is 5.76 Å². The lowest BCUT2D eigenvalue weighted by Gasteiger charge is -2.15. The van der Waals surface area contributed by atoms with Gasteiger partial charge in [-0.3, -0.25) is 14.9 Å². The highest BCUT2D eigenvalue weighted by Crippen LogP contribution is 2.29. The maximum absolute atomic E-state index is 12.6. The average Bonchev–Trinajstić information content (AvgIpc) is 3.11. The summed E-state index contributed by atoms with van der Waals surface area (Å²) in [5, 5.41) is 11.6. The van der Waals surface area contributed by atoms with Crippen LogP contribution in [-0.2, 0) is 6.54 Å². The molecule has 7 heteroatoms. The van der Waals surface area contributed by atoms with E-state index < -0.39 is 4.92 Å². The van der Waals surface area contributed by atoms with E-state index in [4.69, 9.17) is 16.0 Å². The van der Waals surface area contributed by atoms with Gasteiger partial charge in [-0.1, -0.05) is 41.9 Å². The van der Waals surface area contributed by atoms with Gasteiger partial charge in [-0.25, -0.2) is 0 Å². The predicted octanol–water partition coefficient (Wildman–Crippen LogP) is 4.78. The molecule has 132 valence electrons. The number of furan rings is 1. The maximum Gasteiger partial charge on any atom is 0.289 e. The van der Waals surface area contributed by atoms with E-state index in [1.165, 1.54) is 11.0 Å². The molecule has 1 heterocycles. The minimum absolute atomic E-state index is 0.0247. The highest BCUT2D eigenvalue weighted by Gasteiger charge is 2.20. The lowest BCUT2D eigenvalue weighted by atomic mass is 10.1. The van der Waals surface area contributed by atoms with E-state index in [1.807, 2.05) is 6.07 Å². The smallest absolute Gasteiger partial charge is 0.289 e. The summed E-state index contributed by atoms with van der Waals surface area (Å²) in [7, 11) is 1.57. The fourth-order valence-corrected chi connectivity index (χ4v) is 2.83. The third-order valence-electron chi connectivity index (χ3n) is 3.90. The minimum Gasteiger partial charge on any atom is -0.451 e. The van der Waals surface area contributed by atoms with Crippen molar-refractivity contribution in [2.75, 3.05) is 7.05 Å². The summed E-state index contributed by atoms with van der Waals surface area (Å²) in [6, 6.07) is 16.7. The molecule has 0 aliphatic heterocycles. The van der Waals surface area contributed by atoms with E-state index in [9.17, 15) is 14.9 Å². The van der Waals surface area contributed by atoms with Gasteiger partial charge < -0.3 is 9.32 Å². The molecule has 1 aromatic heterocycles. The highest BCUT2D eigenvalue weighted by molar-refractivity contribution is 6.33. The number of carbonyl (C=O) groups excluding carboxylic acids is 1. The summed E-state index contributed by atoms with van der Waals surface area (Å²) < 4.78 is 5.64. The second-order valence-corrected chi connectivity index (χ2v) is 6.10. The molecule has 0 unspecified atom stereocenters. The molecular formula is C19H15ClN2O4. The summed E-state index contributed by atoms with van der Waals surface area (Å²) in [6.07, 6.45) is 0. The molecule has 0 aliphatic rings. The molecule has 0 atom stereocenters. The van der Waals surface area contributed by atoms with Crippen molar-refractivity contribution in [3.8, 4) is 11.3 Å². The van der Waals surface area contributed by atoms with Crippen LogP contribution in [0.3, 0.4) is 0 Å². The van der Waals surface area contributed by atoms with Gasteiger partial charge in [0.2, 0.25) is 0 Å². The number of nitro benzene ring substituents is 1. The Morgan fingerprint density at radius 2 is 1.81 bits per heavy atom. The fraction of sp³-hybridized carbons (Fsp3) is 0.105. The van der Waals surface area contributed by atoms with E-state index in [2.05, 4.69) is 0 Å². The first-order valence-electron chi connectivity index (χ1n) is 7.80. The molecule has 0 spiro atoms. The molecule has 26 heavy (non-hydrogen) atoms. The normalized spacial score (nSPS) is 10.5. The third kappa shape index (κ3) is 3.60. The molecule has 0 saturated heterocycles. The molecule has 0 bridgehead atoms. The van der Waals surface area contributed by atoms with Gasteiger partial charge in [0.25, 0.3) is 11.6 Å². The molecule has 0 saturated carbocycles. The topological polar surface area (TPSA) is 76.6 Å². The van der Waals surface area contributed by atoms with Gasteiger partial charge in [-0.05, 0) is 24.3 Å². The summed E-state index contributed by atoms with van der Waals surface area (Å²) in [4.78, 5) is 24.6. The van der Waals surface area contributed by atoms with Crippen LogP contribution >= 0.6 is 11.6 Å². The summed E-state index contributed by atoms with van der Waals surface area (Å²) >= 11 is 6.15. The lowest BCUT2D eigenvalue weighted by Crippen LogP contribution is -2.26. The fourth-order valence-electron chi connectivity index (χ4n) is 2.60. The Kier molecular flexibility index (Phi) is 5.04. The summed E-state index contributed by atoms with van der Waals surface area (Å²) in [5.41, 5.74) is 1.11. The highest BCUT2D eigenvalue weighted by atomic mass is 35.5. The Hall–Kier alpha value is -3.12. The number of nitrogens with zero attached hydrogens (tertiary/aromatic N) is 2. The monoisotopic (exact) mass is 370 g/mol. The number of benzene rings is 2. The van der Waals surface area contributed by atoms with Crippen LogP contribution in [0.15, 0.2) is 65.1 Å². The van der Waals surface area contributed by atoms with Crippen LogP contribution in [0.1, 0.15) is 16.1 Å². The third-order valence-corrected chi connectivity index (χ3v) is 4.23. The van der Waals surface area contributed by atoms with Gasteiger partial charge in [0.1, 0.15) is 5.76 Å². The quantitative estimate of drug-likeness (QED) is 0.478. The largest absolute Gasteiger partial charge is 0.451 e. The SMILES string of the molecule is CN(Cc1ccccc1[N+](=O)[O-])C(=O)c1ccc(-c2ccccc2Cl)o1. The zero-order chi connectivity index (χ0) is 18.7. The second kappa shape index (κ2) is 7.41. The van der Waals surface area contributed by atoms with Crippen molar-refractivity contribution in [3.05, 3.63) is 87.1 Å². The number of hydrogen-bond donors (Lipinski definition) is 0. The van der Waals surface area contributed by atoms with Crippen molar-refractivity contribution in [2.24, 2.45) is 0 Å². The van der Waals surface area contributed by atoms with Crippen molar-refractivity contribution < 1.29 is 14.1 Å². The standard InChI is InChI=1S/C19H15ClN2O4/c1-21(12-13-6-2-5-9-16(13)22(24)25)19(23)18-11-10-17(26-18)14-7-3-4-8-15(14)20/h2-11H,12H2,1H3. The Labute approximate surface area is 154 Å². The number of halogens is 1. The Balaban J connectivity index is 1.80. The first-order chi connectivity index (χ1) is 12.5. The summed E-state index contributed by atoms with van der Waals surface area (Å²) in [5.74, 6) is 0.250. The van der Waals surface area contributed by atoms with Gasteiger partial charge in [0, 0.05) is 24.2 Å². The number of hydrogen-bond acceptors (Lipinski definition) is 4. The van der Waals surface area contributed by atoms with Gasteiger partial charge >= 0.3 is 0 Å².